The maximum absolute atomic E-state index is 12.1. The van der Waals surface area contributed by atoms with E-state index in [-0.39, 0.29) is 5.91 Å². The van der Waals surface area contributed by atoms with E-state index >= 15 is 0 Å². The summed E-state index contributed by atoms with van der Waals surface area (Å²) >= 11 is 5.75. The van der Waals surface area contributed by atoms with Crippen LogP contribution < -0.4 is 10.6 Å². The van der Waals surface area contributed by atoms with Crippen LogP contribution >= 0.6 is 11.6 Å². The number of hydrogen-bond acceptors (Lipinski definition) is 3. The fourth-order valence-corrected chi connectivity index (χ4v) is 2.36. The molecule has 102 valence electrons. The Labute approximate surface area is 122 Å². The molecule has 0 atom stereocenters. The van der Waals surface area contributed by atoms with E-state index in [1.54, 1.807) is 12.1 Å². The molecule has 0 unspecified atom stereocenters. The van der Waals surface area contributed by atoms with Crippen LogP contribution in [0.4, 0.5) is 11.4 Å². The number of rotatable bonds is 2. The van der Waals surface area contributed by atoms with E-state index in [9.17, 15) is 4.79 Å². The first-order valence-corrected chi connectivity index (χ1v) is 6.90. The van der Waals surface area contributed by atoms with Gasteiger partial charge in [0.2, 0.25) is 0 Å². The van der Waals surface area contributed by atoms with E-state index in [4.69, 9.17) is 11.6 Å². The summed E-state index contributed by atoms with van der Waals surface area (Å²) in [7, 11) is 0. The van der Waals surface area contributed by atoms with Crippen molar-refractivity contribution < 1.29 is 4.79 Å². The van der Waals surface area contributed by atoms with Crippen LogP contribution in [-0.4, -0.2) is 17.4 Å². The number of aromatic nitrogens is 1. The second-order valence-corrected chi connectivity index (χ2v) is 5.15. The van der Waals surface area contributed by atoms with Gasteiger partial charge in [0.25, 0.3) is 5.91 Å². The third kappa shape index (κ3) is 2.75. The van der Waals surface area contributed by atoms with Gasteiger partial charge in [0.1, 0.15) is 5.69 Å². The van der Waals surface area contributed by atoms with E-state index in [0.29, 0.717) is 10.7 Å². The first kappa shape index (κ1) is 12.9. The number of carbonyl (C=O) groups is 1. The highest BCUT2D eigenvalue weighted by Crippen LogP contribution is 2.25. The second-order valence-electron chi connectivity index (χ2n) is 4.72. The highest BCUT2D eigenvalue weighted by molar-refractivity contribution is 6.30. The minimum absolute atomic E-state index is 0.238. The number of carbonyl (C=O) groups excluding carboxylic acids is 1. The SMILES string of the molecule is O=C(Nc1ccc2c(c1)NCCC2)c1ccc(Cl)cn1. The topological polar surface area (TPSA) is 54.0 Å². The average molecular weight is 288 g/mol. The second kappa shape index (κ2) is 5.51. The van der Waals surface area contributed by atoms with Crippen LogP contribution in [0.1, 0.15) is 22.5 Å². The lowest BCUT2D eigenvalue weighted by Gasteiger charge is -2.18. The van der Waals surface area contributed by atoms with Gasteiger partial charge in [-0.05, 0) is 42.7 Å². The predicted octanol–water partition coefficient (Wildman–Crippen LogP) is 3.35. The lowest BCUT2D eigenvalue weighted by Crippen LogP contribution is -2.15. The third-order valence-corrected chi connectivity index (χ3v) is 3.49. The summed E-state index contributed by atoms with van der Waals surface area (Å²) in [6, 6.07) is 9.18. The molecule has 0 radical (unpaired) electrons. The molecule has 5 heteroatoms. The lowest BCUT2D eigenvalue weighted by atomic mass is 10.0. The maximum Gasteiger partial charge on any atom is 0.274 e. The fourth-order valence-electron chi connectivity index (χ4n) is 2.24. The van der Waals surface area contributed by atoms with Crippen molar-refractivity contribution >= 4 is 28.9 Å². The van der Waals surface area contributed by atoms with Crippen molar-refractivity contribution in [3.05, 3.63) is 52.8 Å². The number of benzene rings is 1. The standard InChI is InChI=1S/C15H14ClN3O/c16-11-4-6-13(18-9-11)15(20)19-12-5-3-10-2-1-7-17-14(10)8-12/h3-6,8-9,17H,1-2,7H2,(H,19,20). The fraction of sp³-hybridized carbons (Fsp3) is 0.200. The average Bonchev–Trinajstić information content (AvgIpc) is 2.48. The summed E-state index contributed by atoms with van der Waals surface area (Å²) in [5.74, 6) is -0.238. The number of aryl methyl sites for hydroxylation is 1. The number of nitrogens with zero attached hydrogens (tertiary/aromatic N) is 1. The molecule has 1 aromatic heterocycles. The molecule has 0 fully saturated rings. The van der Waals surface area contributed by atoms with Crippen molar-refractivity contribution in [1.29, 1.82) is 0 Å². The Balaban J connectivity index is 1.77. The van der Waals surface area contributed by atoms with E-state index in [0.717, 1.165) is 30.8 Å². The lowest BCUT2D eigenvalue weighted by molar-refractivity contribution is 0.102. The number of anilines is 2. The molecule has 0 spiro atoms. The minimum atomic E-state index is -0.238. The molecule has 0 aliphatic carbocycles. The number of fused-ring (bicyclic) bond motifs is 1. The highest BCUT2D eigenvalue weighted by atomic mass is 35.5. The van der Waals surface area contributed by atoms with Gasteiger partial charge in [-0.15, -0.1) is 0 Å². The van der Waals surface area contributed by atoms with E-state index in [1.165, 1.54) is 11.8 Å². The zero-order valence-corrected chi connectivity index (χ0v) is 11.6. The quantitative estimate of drug-likeness (QED) is 0.891. The van der Waals surface area contributed by atoms with Gasteiger partial charge in [-0.2, -0.15) is 0 Å². The van der Waals surface area contributed by atoms with Crippen molar-refractivity contribution in [3.8, 4) is 0 Å². The molecular formula is C15H14ClN3O. The third-order valence-electron chi connectivity index (χ3n) is 3.27. The molecule has 0 saturated carbocycles. The summed E-state index contributed by atoms with van der Waals surface area (Å²) in [6.07, 6.45) is 3.69. The molecule has 1 aliphatic heterocycles. The van der Waals surface area contributed by atoms with Crippen LogP contribution in [0, 0.1) is 0 Å². The first-order chi connectivity index (χ1) is 9.72. The number of amides is 1. The number of hydrogen-bond donors (Lipinski definition) is 2. The Morgan fingerprint density at radius 2 is 2.20 bits per heavy atom. The summed E-state index contributed by atoms with van der Waals surface area (Å²) in [6.45, 7) is 0.975. The van der Waals surface area contributed by atoms with E-state index in [2.05, 4.69) is 15.6 Å². The summed E-state index contributed by atoms with van der Waals surface area (Å²) in [4.78, 5) is 16.1. The Kier molecular flexibility index (Phi) is 3.56. The van der Waals surface area contributed by atoms with Gasteiger partial charge >= 0.3 is 0 Å². The van der Waals surface area contributed by atoms with Crippen molar-refractivity contribution in [1.82, 2.24) is 4.98 Å². The van der Waals surface area contributed by atoms with Gasteiger partial charge in [-0.1, -0.05) is 17.7 Å². The molecule has 2 heterocycles. The normalized spacial score (nSPS) is 13.2. The Morgan fingerprint density at radius 1 is 1.30 bits per heavy atom. The smallest absolute Gasteiger partial charge is 0.274 e. The Morgan fingerprint density at radius 3 is 3.00 bits per heavy atom. The molecule has 1 amide bonds. The van der Waals surface area contributed by atoms with Gasteiger partial charge in [0.15, 0.2) is 0 Å². The molecule has 2 aromatic rings. The van der Waals surface area contributed by atoms with E-state index in [1.807, 2.05) is 18.2 Å². The van der Waals surface area contributed by atoms with Gasteiger partial charge in [-0.25, -0.2) is 4.98 Å². The minimum Gasteiger partial charge on any atom is -0.385 e. The van der Waals surface area contributed by atoms with Crippen LogP contribution in [0.5, 0.6) is 0 Å². The van der Waals surface area contributed by atoms with Crippen LogP contribution in [0.2, 0.25) is 5.02 Å². The maximum atomic E-state index is 12.1. The summed E-state index contributed by atoms with van der Waals surface area (Å²) < 4.78 is 0. The van der Waals surface area contributed by atoms with Crippen molar-refractivity contribution in [2.45, 2.75) is 12.8 Å². The monoisotopic (exact) mass is 287 g/mol. The molecule has 1 aromatic carbocycles. The molecule has 3 rings (SSSR count). The number of halogens is 1. The zero-order valence-electron chi connectivity index (χ0n) is 10.8. The van der Waals surface area contributed by atoms with E-state index < -0.39 is 0 Å². The van der Waals surface area contributed by atoms with Crippen molar-refractivity contribution in [2.75, 3.05) is 17.2 Å². The van der Waals surface area contributed by atoms with Gasteiger partial charge in [-0.3, -0.25) is 4.79 Å². The van der Waals surface area contributed by atoms with Crippen LogP contribution in [0.15, 0.2) is 36.5 Å². The molecule has 0 bridgehead atoms. The molecule has 4 nitrogen and oxygen atoms in total. The summed E-state index contributed by atoms with van der Waals surface area (Å²) in [5, 5.41) is 6.70. The largest absolute Gasteiger partial charge is 0.385 e. The molecule has 0 saturated heterocycles. The first-order valence-electron chi connectivity index (χ1n) is 6.52. The van der Waals surface area contributed by atoms with Crippen LogP contribution in [0.25, 0.3) is 0 Å². The summed E-state index contributed by atoms with van der Waals surface area (Å²) in [5.41, 5.74) is 3.50. The zero-order chi connectivity index (χ0) is 13.9. The van der Waals surface area contributed by atoms with Gasteiger partial charge in [0, 0.05) is 24.1 Å². The number of pyridine rings is 1. The van der Waals surface area contributed by atoms with Gasteiger partial charge in [0.05, 0.1) is 5.02 Å². The Bertz CT molecular complexity index is 640. The number of nitrogens with one attached hydrogen (secondary N) is 2. The van der Waals surface area contributed by atoms with Crippen LogP contribution in [-0.2, 0) is 6.42 Å². The molecule has 20 heavy (non-hydrogen) atoms. The molecule has 1 aliphatic rings. The Hall–Kier alpha value is -2.07. The van der Waals surface area contributed by atoms with Gasteiger partial charge < -0.3 is 10.6 Å². The predicted molar refractivity (Wildman–Crippen MR) is 80.5 cm³/mol. The molecule has 2 N–H and O–H groups in total. The molecular weight excluding hydrogens is 274 g/mol. The van der Waals surface area contributed by atoms with Crippen molar-refractivity contribution in [2.24, 2.45) is 0 Å². The van der Waals surface area contributed by atoms with Crippen LogP contribution in [0.3, 0.4) is 0 Å². The highest BCUT2D eigenvalue weighted by Gasteiger charge is 2.11. The van der Waals surface area contributed by atoms with Crippen molar-refractivity contribution in [3.63, 3.8) is 0 Å².